The van der Waals surface area contributed by atoms with Crippen LogP contribution in [-0.2, 0) is 6.61 Å². The van der Waals surface area contributed by atoms with Gasteiger partial charge in [0, 0.05) is 16.7 Å². The highest BCUT2D eigenvalue weighted by Gasteiger charge is 2.13. The highest BCUT2D eigenvalue weighted by Crippen LogP contribution is 2.30. The lowest BCUT2D eigenvalue weighted by molar-refractivity contribution is 0.306. The fourth-order valence-electron chi connectivity index (χ4n) is 3.20. The van der Waals surface area contributed by atoms with Crippen molar-refractivity contribution in [2.45, 2.75) is 26.4 Å². The fourth-order valence-corrected chi connectivity index (χ4v) is 3.39. The molecule has 0 bridgehead atoms. The number of ether oxygens (including phenoxy) is 2. The van der Waals surface area contributed by atoms with E-state index in [0.29, 0.717) is 34.1 Å². The molecule has 0 saturated carbocycles. The molecule has 1 heterocycles. The summed E-state index contributed by atoms with van der Waals surface area (Å²) < 4.78 is 17.4. The Morgan fingerprint density at radius 2 is 1.73 bits per heavy atom. The molecule has 0 atom stereocenters. The van der Waals surface area contributed by atoms with Gasteiger partial charge in [-0.3, -0.25) is 4.79 Å². The quantitative estimate of drug-likeness (QED) is 0.339. The molecule has 0 spiro atoms. The number of fused-ring (bicyclic) bond motifs is 1. The number of hydrogen-bond donors (Lipinski definition) is 0. The Hall–Kier alpha value is -3.24. The summed E-state index contributed by atoms with van der Waals surface area (Å²) in [5, 5.41) is 1.08. The van der Waals surface area contributed by atoms with E-state index in [-0.39, 0.29) is 17.1 Å². The van der Waals surface area contributed by atoms with Gasteiger partial charge in [0.2, 0.25) is 11.2 Å². The van der Waals surface area contributed by atoms with Crippen molar-refractivity contribution >= 4 is 22.6 Å². The van der Waals surface area contributed by atoms with E-state index in [1.165, 1.54) is 6.26 Å². The van der Waals surface area contributed by atoms with E-state index in [1.54, 1.807) is 18.2 Å². The first-order valence-corrected chi connectivity index (χ1v) is 10.1. The van der Waals surface area contributed by atoms with Gasteiger partial charge >= 0.3 is 0 Å². The van der Waals surface area contributed by atoms with Crippen LogP contribution in [0.5, 0.6) is 17.2 Å². The highest BCUT2D eigenvalue weighted by molar-refractivity contribution is 6.31. The third kappa shape index (κ3) is 4.19. The third-order valence-corrected chi connectivity index (χ3v) is 5.20. The zero-order valence-corrected chi connectivity index (χ0v) is 17.5. The maximum Gasteiger partial charge on any atom is 0.235 e. The van der Waals surface area contributed by atoms with E-state index in [2.05, 4.69) is 13.8 Å². The lowest BCUT2D eigenvalue weighted by atomic mass is 10.0. The molecule has 152 valence electrons. The van der Waals surface area contributed by atoms with Gasteiger partial charge in [0.05, 0.1) is 5.39 Å². The van der Waals surface area contributed by atoms with Crippen LogP contribution >= 0.6 is 11.6 Å². The van der Waals surface area contributed by atoms with Crippen LogP contribution in [0.3, 0.4) is 0 Å². The summed E-state index contributed by atoms with van der Waals surface area (Å²) in [6, 6.07) is 20.3. The van der Waals surface area contributed by atoms with Crippen LogP contribution in [0.1, 0.15) is 30.9 Å². The van der Waals surface area contributed by atoms with Crippen LogP contribution in [-0.4, -0.2) is 0 Å². The van der Waals surface area contributed by atoms with Gasteiger partial charge in [0.1, 0.15) is 30.0 Å². The van der Waals surface area contributed by atoms with Crippen LogP contribution in [0.15, 0.2) is 82.2 Å². The maximum atomic E-state index is 12.9. The van der Waals surface area contributed by atoms with Crippen molar-refractivity contribution in [3.63, 3.8) is 0 Å². The molecule has 4 rings (SSSR count). The largest absolute Gasteiger partial charge is 0.489 e. The molecule has 30 heavy (non-hydrogen) atoms. The normalized spacial score (nSPS) is 11.1. The monoisotopic (exact) mass is 420 g/mol. The Bertz CT molecular complexity index is 1240. The van der Waals surface area contributed by atoms with Gasteiger partial charge < -0.3 is 13.9 Å². The first kappa shape index (κ1) is 20.0. The minimum absolute atomic E-state index is 0.153. The Balaban J connectivity index is 1.59. The van der Waals surface area contributed by atoms with E-state index in [1.807, 2.05) is 48.5 Å². The van der Waals surface area contributed by atoms with E-state index < -0.39 is 0 Å². The molecule has 0 N–H and O–H groups in total. The molecular weight excluding hydrogens is 400 g/mol. The standard InChI is InChI=1S/C25H21ClO4/c1-16(2)19-8-4-6-10-22(19)30-24-15-29-23-13-18(11-12-20(23)25(24)27)28-14-17-7-3-5-9-21(17)26/h3-13,15-16H,14H2,1-2H3. The smallest absolute Gasteiger partial charge is 0.235 e. The third-order valence-electron chi connectivity index (χ3n) is 4.83. The predicted octanol–water partition coefficient (Wildman–Crippen LogP) is 6.94. The SMILES string of the molecule is CC(C)c1ccccc1Oc1coc2cc(OCc3ccccc3Cl)ccc2c1=O. The second-order valence-electron chi connectivity index (χ2n) is 7.26. The number of rotatable bonds is 6. The Morgan fingerprint density at radius 3 is 2.53 bits per heavy atom. The molecule has 1 aromatic heterocycles. The molecule has 0 amide bonds. The average Bonchev–Trinajstić information content (AvgIpc) is 2.75. The Labute approximate surface area is 179 Å². The van der Waals surface area contributed by atoms with Crippen molar-refractivity contribution in [2.75, 3.05) is 0 Å². The number of hydrogen-bond acceptors (Lipinski definition) is 4. The van der Waals surface area contributed by atoms with Crippen LogP contribution < -0.4 is 14.9 Å². The summed E-state index contributed by atoms with van der Waals surface area (Å²) in [6.07, 6.45) is 1.35. The zero-order valence-electron chi connectivity index (χ0n) is 16.7. The summed E-state index contributed by atoms with van der Waals surface area (Å²) >= 11 is 6.17. The van der Waals surface area contributed by atoms with Crippen molar-refractivity contribution in [1.29, 1.82) is 0 Å². The Kier molecular flexibility index (Phi) is 5.77. The summed E-state index contributed by atoms with van der Waals surface area (Å²) in [5.74, 6) is 1.66. The number of halogens is 1. The average molecular weight is 421 g/mol. The predicted molar refractivity (Wildman–Crippen MR) is 119 cm³/mol. The minimum Gasteiger partial charge on any atom is -0.489 e. The van der Waals surface area contributed by atoms with Crippen molar-refractivity contribution in [1.82, 2.24) is 0 Å². The van der Waals surface area contributed by atoms with Gasteiger partial charge in [0.15, 0.2) is 0 Å². The van der Waals surface area contributed by atoms with Crippen molar-refractivity contribution in [3.8, 4) is 17.2 Å². The first-order valence-electron chi connectivity index (χ1n) is 9.71. The fraction of sp³-hybridized carbons (Fsp3) is 0.160. The molecule has 0 saturated heterocycles. The number of para-hydroxylation sites is 1. The van der Waals surface area contributed by atoms with Gasteiger partial charge in [-0.15, -0.1) is 0 Å². The van der Waals surface area contributed by atoms with Crippen molar-refractivity contribution in [3.05, 3.63) is 99.4 Å². The van der Waals surface area contributed by atoms with E-state index in [0.717, 1.165) is 11.1 Å². The van der Waals surface area contributed by atoms with Crippen LogP contribution in [0, 0.1) is 0 Å². The molecule has 5 heteroatoms. The summed E-state index contributed by atoms with van der Waals surface area (Å²) in [5.41, 5.74) is 2.11. The second kappa shape index (κ2) is 8.64. The molecule has 0 fully saturated rings. The second-order valence-corrected chi connectivity index (χ2v) is 7.67. The topological polar surface area (TPSA) is 48.7 Å². The molecule has 4 nitrogen and oxygen atoms in total. The zero-order chi connectivity index (χ0) is 21.1. The van der Waals surface area contributed by atoms with Gasteiger partial charge in [-0.1, -0.05) is 61.8 Å². The van der Waals surface area contributed by atoms with Gasteiger partial charge in [-0.2, -0.15) is 0 Å². The van der Waals surface area contributed by atoms with Crippen molar-refractivity contribution < 1.29 is 13.9 Å². The van der Waals surface area contributed by atoms with Crippen molar-refractivity contribution in [2.24, 2.45) is 0 Å². The molecular formula is C25H21ClO4. The summed E-state index contributed by atoms with van der Waals surface area (Å²) in [4.78, 5) is 12.9. The molecule has 0 aliphatic rings. The molecule has 0 aliphatic heterocycles. The minimum atomic E-state index is -0.229. The highest BCUT2D eigenvalue weighted by atomic mass is 35.5. The number of benzene rings is 3. The van der Waals surface area contributed by atoms with E-state index in [4.69, 9.17) is 25.5 Å². The van der Waals surface area contributed by atoms with Crippen LogP contribution in [0.2, 0.25) is 5.02 Å². The lowest BCUT2D eigenvalue weighted by Gasteiger charge is -2.13. The molecule has 0 aliphatic carbocycles. The summed E-state index contributed by atoms with van der Waals surface area (Å²) in [6.45, 7) is 4.48. The van der Waals surface area contributed by atoms with Gasteiger partial charge in [-0.05, 0) is 35.7 Å². The van der Waals surface area contributed by atoms with Gasteiger partial charge in [0.25, 0.3) is 0 Å². The van der Waals surface area contributed by atoms with Crippen LogP contribution in [0.4, 0.5) is 0 Å². The molecule has 3 aromatic carbocycles. The lowest BCUT2D eigenvalue weighted by Crippen LogP contribution is -2.06. The molecule has 0 unspecified atom stereocenters. The van der Waals surface area contributed by atoms with Gasteiger partial charge in [-0.25, -0.2) is 0 Å². The maximum absolute atomic E-state index is 12.9. The Morgan fingerprint density at radius 1 is 0.967 bits per heavy atom. The summed E-state index contributed by atoms with van der Waals surface area (Å²) in [7, 11) is 0. The molecule has 4 aromatic rings. The first-order chi connectivity index (χ1) is 14.5. The van der Waals surface area contributed by atoms with E-state index in [9.17, 15) is 4.79 Å². The van der Waals surface area contributed by atoms with E-state index >= 15 is 0 Å². The molecule has 0 radical (unpaired) electrons. The van der Waals surface area contributed by atoms with Crippen LogP contribution in [0.25, 0.3) is 11.0 Å².